The number of carbonyl (C=O) groups excluding carboxylic acids is 1. The topological polar surface area (TPSA) is 38.1 Å². The zero-order valence-corrected chi connectivity index (χ0v) is 13.3. The number of halogens is 2. The molecule has 21 heavy (non-hydrogen) atoms. The molecule has 0 spiro atoms. The van der Waals surface area contributed by atoms with Crippen LogP contribution in [0.4, 0.5) is 10.1 Å². The Morgan fingerprint density at radius 2 is 2.29 bits per heavy atom. The molecule has 1 heterocycles. The van der Waals surface area contributed by atoms with Crippen molar-refractivity contribution in [3.8, 4) is 0 Å². The first-order valence-corrected chi connectivity index (χ1v) is 7.48. The number of hydrogen-bond acceptors (Lipinski definition) is 2. The van der Waals surface area contributed by atoms with Crippen LogP contribution in [0.5, 0.6) is 0 Å². The first kappa shape index (κ1) is 14.3. The quantitative estimate of drug-likeness (QED) is 0.852. The minimum Gasteiger partial charge on any atom is -0.313 e. The highest BCUT2D eigenvalue weighted by Crippen LogP contribution is 2.48. The van der Waals surface area contributed by atoms with Crippen molar-refractivity contribution in [2.45, 2.75) is 12.3 Å². The molecule has 3 rings (SSSR count). The number of rotatable bonds is 3. The Balaban J connectivity index is 1.74. The van der Waals surface area contributed by atoms with Gasteiger partial charge in [-0.15, -0.1) is 0 Å². The van der Waals surface area contributed by atoms with E-state index in [4.69, 9.17) is 0 Å². The number of aryl methyl sites for hydroxylation is 1. The Hall–Kier alpha value is -1.69. The summed E-state index contributed by atoms with van der Waals surface area (Å²) in [5.74, 6) is -0.335. The Bertz CT molecular complexity index is 700. The Labute approximate surface area is 130 Å². The normalized spacial score (nSPS) is 20.4. The number of hydrogen-bond donors (Lipinski definition) is 0. The van der Waals surface area contributed by atoms with Gasteiger partial charge < -0.3 is 4.90 Å². The van der Waals surface area contributed by atoms with Crippen LogP contribution in [0.1, 0.15) is 17.9 Å². The highest BCUT2D eigenvalue weighted by molar-refractivity contribution is 9.10. The molecular weight excluding hydrogens is 337 g/mol. The Morgan fingerprint density at radius 1 is 1.52 bits per heavy atom. The molecule has 2 atom stereocenters. The van der Waals surface area contributed by atoms with Crippen LogP contribution < -0.4 is 4.90 Å². The van der Waals surface area contributed by atoms with Crippen molar-refractivity contribution in [3.63, 3.8) is 0 Å². The molecule has 1 aliphatic carbocycles. The average molecular weight is 352 g/mol. The van der Waals surface area contributed by atoms with Gasteiger partial charge in [0.15, 0.2) is 0 Å². The molecule has 0 saturated heterocycles. The molecule has 1 aliphatic rings. The molecule has 1 fully saturated rings. The van der Waals surface area contributed by atoms with Gasteiger partial charge in [-0.2, -0.15) is 5.10 Å². The van der Waals surface area contributed by atoms with Crippen molar-refractivity contribution in [2.75, 3.05) is 11.9 Å². The van der Waals surface area contributed by atoms with E-state index in [1.54, 1.807) is 30.1 Å². The van der Waals surface area contributed by atoms with E-state index in [9.17, 15) is 9.18 Å². The predicted octanol–water partition coefficient (Wildman–Crippen LogP) is 3.09. The molecule has 110 valence electrons. The summed E-state index contributed by atoms with van der Waals surface area (Å²) in [7, 11) is 3.47. The summed E-state index contributed by atoms with van der Waals surface area (Å²) in [5.41, 5.74) is 1.38. The van der Waals surface area contributed by atoms with Crippen LogP contribution in [0.15, 0.2) is 35.1 Å². The van der Waals surface area contributed by atoms with Crippen molar-refractivity contribution in [2.24, 2.45) is 13.0 Å². The molecule has 0 bridgehead atoms. The molecule has 1 aromatic heterocycles. The summed E-state index contributed by atoms with van der Waals surface area (Å²) in [6.45, 7) is 0. The van der Waals surface area contributed by atoms with Gasteiger partial charge in [0.2, 0.25) is 5.91 Å². The minimum atomic E-state index is -0.404. The zero-order chi connectivity index (χ0) is 15.1. The molecule has 1 amide bonds. The summed E-state index contributed by atoms with van der Waals surface area (Å²) in [6, 6.07) is 4.71. The number of carbonyl (C=O) groups is 1. The maximum atomic E-state index is 13.9. The molecule has 6 heteroatoms. The zero-order valence-electron chi connectivity index (χ0n) is 11.8. The van der Waals surface area contributed by atoms with E-state index in [1.807, 2.05) is 13.2 Å². The van der Waals surface area contributed by atoms with E-state index in [0.29, 0.717) is 10.2 Å². The molecular formula is C15H15BrFN3O. The molecule has 0 unspecified atom stereocenters. The van der Waals surface area contributed by atoms with Crippen LogP contribution in [0.2, 0.25) is 0 Å². The SMILES string of the molecule is CN(C(=O)[C@H]1C[C@@H]1c1cnn(C)c1)c1ccc(Br)cc1F. The van der Waals surface area contributed by atoms with E-state index < -0.39 is 5.82 Å². The second-order valence-electron chi connectivity index (χ2n) is 5.39. The van der Waals surface area contributed by atoms with Crippen LogP contribution in [-0.4, -0.2) is 22.7 Å². The Morgan fingerprint density at radius 3 is 2.90 bits per heavy atom. The highest BCUT2D eigenvalue weighted by atomic mass is 79.9. The molecule has 0 radical (unpaired) electrons. The maximum absolute atomic E-state index is 13.9. The molecule has 0 N–H and O–H groups in total. The van der Waals surface area contributed by atoms with Crippen LogP contribution in [0.25, 0.3) is 0 Å². The number of anilines is 1. The van der Waals surface area contributed by atoms with Crippen molar-refractivity contribution in [3.05, 3.63) is 46.4 Å². The predicted molar refractivity (Wildman–Crippen MR) is 81.6 cm³/mol. The smallest absolute Gasteiger partial charge is 0.230 e. The lowest BCUT2D eigenvalue weighted by molar-refractivity contribution is -0.119. The molecule has 1 aromatic carbocycles. The van der Waals surface area contributed by atoms with Crippen molar-refractivity contribution >= 4 is 27.5 Å². The molecule has 2 aromatic rings. The van der Waals surface area contributed by atoms with Gasteiger partial charge in [0.05, 0.1) is 11.9 Å². The van der Waals surface area contributed by atoms with Crippen molar-refractivity contribution < 1.29 is 9.18 Å². The van der Waals surface area contributed by atoms with E-state index in [2.05, 4.69) is 21.0 Å². The van der Waals surface area contributed by atoms with Gasteiger partial charge in [0, 0.05) is 30.7 Å². The van der Waals surface area contributed by atoms with E-state index >= 15 is 0 Å². The van der Waals surface area contributed by atoms with Crippen molar-refractivity contribution in [1.82, 2.24) is 9.78 Å². The van der Waals surface area contributed by atoms with Crippen LogP contribution >= 0.6 is 15.9 Å². The number of benzene rings is 1. The maximum Gasteiger partial charge on any atom is 0.230 e. The largest absolute Gasteiger partial charge is 0.313 e. The monoisotopic (exact) mass is 351 g/mol. The van der Waals surface area contributed by atoms with E-state index in [-0.39, 0.29) is 17.7 Å². The highest BCUT2D eigenvalue weighted by Gasteiger charge is 2.46. The fraction of sp³-hybridized carbons (Fsp3) is 0.333. The second kappa shape index (κ2) is 5.26. The molecule has 0 aliphatic heterocycles. The van der Waals surface area contributed by atoms with Crippen LogP contribution in [0, 0.1) is 11.7 Å². The Kier molecular flexibility index (Phi) is 3.57. The summed E-state index contributed by atoms with van der Waals surface area (Å²) in [5, 5.41) is 4.13. The standard InChI is InChI=1S/C15H15BrFN3O/c1-19-8-9(7-18-19)11-6-12(11)15(21)20(2)14-4-3-10(16)5-13(14)17/h3-5,7-8,11-12H,6H2,1-2H3/t11-,12+/m1/s1. The third-order valence-corrected chi connectivity index (χ3v) is 4.36. The van der Waals surface area contributed by atoms with Crippen LogP contribution in [-0.2, 0) is 11.8 Å². The number of nitrogens with zero attached hydrogens (tertiary/aromatic N) is 3. The van der Waals surface area contributed by atoms with Crippen molar-refractivity contribution in [1.29, 1.82) is 0 Å². The van der Waals surface area contributed by atoms with Gasteiger partial charge in [-0.25, -0.2) is 4.39 Å². The fourth-order valence-electron chi connectivity index (χ4n) is 2.59. The number of amides is 1. The lowest BCUT2D eigenvalue weighted by atomic mass is 10.2. The van der Waals surface area contributed by atoms with Gasteiger partial charge >= 0.3 is 0 Å². The third-order valence-electron chi connectivity index (χ3n) is 3.86. The van der Waals surface area contributed by atoms with Gasteiger partial charge in [0.1, 0.15) is 5.82 Å². The lowest BCUT2D eigenvalue weighted by Gasteiger charge is -2.18. The van der Waals surface area contributed by atoms with E-state index in [1.165, 1.54) is 11.0 Å². The van der Waals surface area contributed by atoms with Crippen LogP contribution in [0.3, 0.4) is 0 Å². The van der Waals surface area contributed by atoms with Gasteiger partial charge in [-0.05, 0) is 36.1 Å². The van der Waals surface area contributed by atoms with Gasteiger partial charge in [0.25, 0.3) is 0 Å². The summed E-state index contributed by atoms with van der Waals surface area (Å²) in [6.07, 6.45) is 4.52. The fourth-order valence-corrected chi connectivity index (χ4v) is 2.92. The summed E-state index contributed by atoms with van der Waals surface area (Å²) >= 11 is 3.21. The third kappa shape index (κ3) is 2.72. The lowest BCUT2D eigenvalue weighted by Crippen LogP contribution is -2.29. The average Bonchev–Trinajstić information content (AvgIpc) is 3.12. The van der Waals surface area contributed by atoms with Gasteiger partial charge in [-0.1, -0.05) is 15.9 Å². The second-order valence-corrected chi connectivity index (χ2v) is 6.30. The van der Waals surface area contributed by atoms with Gasteiger partial charge in [-0.3, -0.25) is 9.48 Å². The van der Waals surface area contributed by atoms with E-state index in [0.717, 1.165) is 12.0 Å². The number of aromatic nitrogens is 2. The summed E-state index contributed by atoms with van der Waals surface area (Å²) < 4.78 is 16.3. The first-order valence-electron chi connectivity index (χ1n) is 6.68. The molecule has 1 saturated carbocycles. The molecule has 4 nitrogen and oxygen atoms in total. The first-order chi connectivity index (χ1) is 9.97. The summed E-state index contributed by atoms with van der Waals surface area (Å²) in [4.78, 5) is 13.9. The minimum absolute atomic E-state index is 0.0509.